The number of carbonyl (C=O) groups is 1. The van der Waals surface area contributed by atoms with Crippen molar-refractivity contribution in [2.24, 2.45) is 5.92 Å². The average molecular weight is 307 g/mol. The molecule has 0 bridgehead atoms. The molecule has 1 N–H and O–H groups in total. The van der Waals surface area contributed by atoms with Crippen molar-refractivity contribution < 1.29 is 4.79 Å². The van der Waals surface area contributed by atoms with E-state index in [0.717, 1.165) is 6.42 Å². The van der Waals surface area contributed by atoms with E-state index < -0.39 is 0 Å². The highest BCUT2D eigenvalue weighted by Gasteiger charge is 2.25. The number of benzene rings is 1. The summed E-state index contributed by atoms with van der Waals surface area (Å²) in [6.07, 6.45) is 3.57. The first-order valence-corrected chi connectivity index (χ1v) is 7.04. The van der Waals surface area contributed by atoms with Crippen LogP contribution in [0.15, 0.2) is 24.3 Å². The zero-order valence-corrected chi connectivity index (χ0v) is 11.6. The van der Waals surface area contributed by atoms with Crippen molar-refractivity contribution in [1.82, 2.24) is 5.32 Å². The molecule has 1 saturated carbocycles. The van der Waals surface area contributed by atoms with Crippen molar-refractivity contribution in [3.63, 3.8) is 0 Å². The van der Waals surface area contributed by atoms with E-state index >= 15 is 0 Å². The molecule has 1 amide bonds. The highest BCUT2D eigenvalue weighted by atomic mass is 79.9. The Kier molecular flexibility index (Phi) is 4.38. The van der Waals surface area contributed by atoms with Crippen LogP contribution in [0.25, 0.3) is 0 Å². The summed E-state index contributed by atoms with van der Waals surface area (Å²) in [6, 6.07) is 8.82. The van der Waals surface area contributed by atoms with Crippen molar-refractivity contribution in [3.05, 3.63) is 35.4 Å². The lowest BCUT2D eigenvalue weighted by Gasteiger charge is -2.14. The van der Waals surface area contributed by atoms with Gasteiger partial charge in [-0.05, 0) is 37.0 Å². The Morgan fingerprint density at radius 3 is 3.00 bits per heavy atom. The Hall–Kier alpha value is -1.34. The van der Waals surface area contributed by atoms with Gasteiger partial charge in [-0.2, -0.15) is 5.26 Å². The van der Waals surface area contributed by atoms with Crippen molar-refractivity contribution in [3.8, 4) is 6.07 Å². The molecule has 18 heavy (non-hydrogen) atoms. The third-order valence-electron chi connectivity index (χ3n) is 3.34. The first-order valence-electron chi connectivity index (χ1n) is 6.13. The van der Waals surface area contributed by atoms with Crippen molar-refractivity contribution >= 4 is 21.8 Å². The molecule has 1 aromatic rings. The minimum atomic E-state index is -0.0984. The Labute approximate surface area is 115 Å². The monoisotopic (exact) mass is 306 g/mol. The molecule has 2 rings (SSSR count). The van der Waals surface area contributed by atoms with E-state index in [0.29, 0.717) is 28.4 Å². The van der Waals surface area contributed by atoms with Gasteiger partial charge in [0, 0.05) is 16.9 Å². The second-order valence-electron chi connectivity index (χ2n) is 4.61. The molecule has 1 aliphatic carbocycles. The van der Waals surface area contributed by atoms with Crippen LogP contribution in [0.5, 0.6) is 0 Å². The lowest BCUT2D eigenvalue weighted by Crippen LogP contribution is -2.30. The SMILES string of the molecule is N#Cc1cccc(C(=O)NCC2CCCC2Br)c1. The molecule has 0 aromatic heterocycles. The molecule has 1 aromatic carbocycles. The number of halogens is 1. The Bertz CT molecular complexity index is 481. The predicted octanol–water partition coefficient (Wildman–Crippen LogP) is 2.85. The third kappa shape index (κ3) is 3.11. The quantitative estimate of drug-likeness (QED) is 0.873. The molecule has 1 fully saturated rings. The van der Waals surface area contributed by atoms with E-state index in [1.54, 1.807) is 24.3 Å². The maximum absolute atomic E-state index is 11.9. The molecular weight excluding hydrogens is 292 g/mol. The van der Waals surface area contributed by atoms with Gasteiger partial charge >= 0.3 is 0 Å². The van der Waals surface area contributed by atoms with E-state index in [2.05, 4.69) is 21.2 Å². The summed E-state index contributed by atoms with van der Waals surface area (Å²) in [5.41, 5.74) is 1.07. The maximum Gasteiger partial charge on any atom is 0.251 e. The van der Waals surface area contributed by atoms with Gasteiger partial charge in [0.05, 0.1) is 11.6 Å². The molecule has 2 unspecified atom stereocenters. The molecule has 0 radical (unpaired) electrons. The summed E-state index contributed by atoms with van der Waals surface area (Å²) in [5, 5.41) is 11.7. The Balaban J connectivity index is 1.93. The van der Waals surface area contributed by atoms with E-state index in [9.17, 15) is 4.79 Å². The Morgan fingerprint density at radius 1 is 1.50 bits per heavy atom. The van der Waals surface area contributed by atoms with Gasteiger partial charge in [-0.25, -0.2) is 0 Å². The lowest BCUT2D eigenvalue weighted by atomic mass is 10.1. The van der Waals surface area contributed by atoms with Crippen LogP contribution in [0, 0.1) is 17.2 Å². The van der Waals surface area contributed by atoms with Crippen molar-refractivity contribution in [2.45, 2.75) is 24.1 Å². The smallest absolute Gasteiger partial charge is 0.251 e. The number of alkyl halides is 1. The number of hydrogen-bond donors (Lipinski definition) is 1. The fraction of sp³-hybridized carbons (Fsp3) is 0.429. The van der Waals surface area contributed by atoms with Crippen LogP contribution in [0.3, 0.4) is 0 Å². The second kappa shape index (κ2) is 6.01. The molecule has 0 spiro atoms. The molecule has 2 atom stereocenters. The minimum absolute atomic E-state index is 0.0984. The van der Waals surface area contributed by atoms with Gasteiger partial charge in [-0.1, -0.05) is 28.4 Å². The number of amides is 1. The summed E-state index contributed by atoms with van der Waals surface area (Å²) in [6.45, 7) is 0.700. The summed E-state index contributed by atoms with van der Waals surface area (Å²) >= 11 is 3.64. The summed E-state index contributed by atoms with van der Waals surface area (Å²) in [4.78, 5) is 12.5. The normalized spacial score (nSPS) is 22.4. The maximum atomic E-state index is 11.9. The molecule has 94 valence electrons. The highest BCUT2D eigenvalue weighted by Crippen LogP contribution is 2.30. The fourth-order valence-corrected chi connectivity index (χ4v) is 3.05. The van der Waals surface area contributed by atoms with Crippen LogP contribution in [-0.2, 0) is 0 Å². The summed E-state index contributed by atoms with van der Waals surface area (Å²) < 4.78 is 0. The number of hydrogen-bond acceptors (Lipinski definition) is 2. The number of nitrogens with zero attached hydrogens (tertiary/aromatic N) is 1. The van der Waals surface area contributed by atoms with Gasteiger partial charge in [0.1, 0.15) is 0 Å². The van der Waals surface area contributed by atoms with Crippen LogP contribution in [0.1, 0.15) is 35.2 Å². The number of rotatable bonds is 3. The first-order chi connectivity index (χ1) is 8.70. The van der Waals surface area contributed by atoms with Gasteiger partial charge in [0.2, 0.25) is 0 Å². The lowest BCUT2D eigenvalue weighted by molar-refractivity contribution is 0.0948. The number of carbonyl (C=O) groups excluding carboxylic acids is 1. The number of nitriles is 1. The van der Waals surface area contributed by atoms with Gasteiger partial charge in [0.25, 0.3) is 5.91 Å². The number of nitrogens with one attached hydrogen (secondary N) is 1. The summed E-state index contributed by atoms with van der Waals surface area (Å²) in [7, 11) is 0. The highest BCUT2D eigenvalue weighted by molar-refractivity contribution is 9.09. The Morgan fingerprint density at radius 2 is 2.33 bits per heavy atom. The van der Waals surface area contributed by atoms with Crippen LogP contribution in [0.2, 0.25) is 0 Å². The standard InChI is InChI=1S/C14H15BrN2O/c15-13-6-2-5-12(13)9-17-14(18)11-4-1-3-10(7-11)8-16/h1,3-4,7,12-13H,2,5-6,9H2,(H,17,18). The molecule has 3 nitrogen and oxygen atoms in total. The molecule has 4 heteroatoms. The topological polar surface area (TPSA) is 52.9 Å². The fourth-order valence-electron chi connectivity index (χ4n) is 2.28. The second-order valence-corrected chi connectivity index (χ2v) is 5.79. The van der Waals surface area contributed by atoms with E-state index in [1.165, 1.54) is 12.8 Å². The van der Waals surface area contributed by atoms with Gasteiger partial charge < -0.3 is 5.32 Å². The van der Waals surface area contributed by atoms with E-state index in [4.69, 9.17) is 5.26 Å². The van der Waals surface area contributed by atoms with E-state index in [1.807, 2.05) is 6.07 Å². The first kappa shape index (κ1) is 13.1. The minimum Gasteiger partial charge on any atom is -0.352 e. The molecular formula is C14H15BrN2O. The average Bonchev–Trinajstić information content (AvgIpc) is 2.81. The zero-order valence-electron chi connectivity index (χ0n) is 10.0. The van der Waals surface area contributed by atoms with Crippen LogP contribution in [-0.4, -0.2) is 17.3 Å². The molecule has 1 aliphatic rings. The van der Waals surface area contributed by atoms with Gasteiger partial charge in [-0.3, -0.25) is 4.79 Å². The zero-order chi connectivity index (χ0) is 13.0. The van der Waals surface area contributed by atoms with Crippen LogP contribution < -0.4 is 5.32 Å². The predicted molar refractivity (Wildman–Crippen MR) is 73.5 cm³/mol. The summed E-state index contributed by atoms with van der Waals surface area (Å²) in [5.74, 6) is 0.423. The third-order valence-corrected chi connectivity index (χ3v) is 4.55. The van der Waals surface area contributed by atoms with Crippen LogP contribution in [0.4, 0.5) is 0 Å². The van der Waals surface area contributed by atoms with Crippen LogP contribution >= 0.6 is 15.9 Å². The van der Waals surface area contributed by atoms with E-state index in [-0.39, 0.29) is 5.91 Å². The van der Waals surface area contributed by atoms with Crippen molar-refractivity contribution in [2.75, 3.05) is 6.54 Å². The van der Waals surface area contributed by atoms with Gasteiger partial charge in [0.15, 0.2) is 0 Å². The molecule has 0 aliphatic heterocycles. The molecule has 0 saturated heterocycles. The molecule has 0 heterocycles. The van der Waals surface area contributed by atoms with Gasteiger partial charge in [-0.15, -0.1) is 0 Å². The van der Waals surface area contributed by atoms with Crippen molar-refractivity contribution in [1.29, 1.82) is 5.26 Å². The largest absolute Gasteiger partial charge is 0.352 e.